The Labute approximate surface area is 186 Å². The molecule has 0 saturated carbocycles. The lowest BCUT2D eigenvalue weighted by Crippen LogP contribution is -2.15. The molecule has 156 valence electrons. The summed E-state index contributed by atoms with van der Waals surface area (Å²) in [6, 6.07) is 20.2. The van der Waals surface area contributed by atoms with Crippen LogP contribution < -0.4 is 9.47 Å². The Morgan fingerprint density at radius 2 is 1.77 bits per heavy atom. The topological polar surface area (TPSA) is 52.6 Å². The molecule has 1 heterocycles. The first-order chi connectivity index (χ1) is 15.0. The maximum absolute atomic E-state index is 12.8. The van der Waals surface area contributed by atoms with E-state index in [-0.39, 0.29) is 11.5 Å². The molecule has 0 N–H and O–H groups in total. The standard InChI is InChI=1S/C26H21ClO4/c1-3-17-9-11-18(12-10-17)15-22-24(28)20-13-14-21(16(2)25(20)30-22)31-26(29)23(27)19-7-5-4-6-8-19/h4-15,23H,3H2,1-2H3/b22-15-. The molecule has 0 amide bonds. The van der Waals surface area contributed by atoms with Gasteiger partial charge in [-0.3, -0.25) is 4.79 Å². The van der Waals surface area contributed by atoms with Crippen molar-refractivity contribution in [3.8, 4) is 11.5 Å². The van der Waals surface area contributed by atoms with Gasteiger partial charge in [-0.1, -0.05) is 61.5 Å². The Balaban J connectivity index is 1.56. The van der Waals surface area contributed by atoms with E-state index in [2.05, 4.69) is 6.92 Å². The van der Waals surface area contributed by atoms with Crippen molar-refractivity contribution in [3.63, 3.8) is 0 Å². The number of halogens is 1. The summed E-state index contributed by atoms with van der Waals surface area (Å²) in [5.74, 6) is 0.164. The zero-order valence-electron chi connectivity index (χ0n) is 17.2. The van der Waals surface area contributed by atoms with Gasteiger partial charge in [0.25, 0.3) is 0 Å². The van der Waals surface area contributed by atoms with Gasteiger partial charge < -0.3 is 9.47 Å². The molecule has 31 heavy (non-hydrogen) atoms. The highest BCUT2D eigenvalue weighted by Crippen LogP contribution is 2.40. The van der Waals surface area contributed by atoms with Crippen molar-refractivity contribution < 1.29 is 19.1 Å². The van der Waals surface area contributed by atoms with E-state index >= 15 is 0 Å². The highest BCUT2D eigenvalue weighted by atomic mass is 35.5. The van der Waals surface area contributed by atoms with Crippen LogP contribution in [-0.4, -0.2) is 11.8 Å². The Kier molecular flexibility index (Phi) is 5.92. The molecular formula is C26H21ClO4. The number of fused-ring (bicyclic) bond motifs is 1. The molecule has 3 aromatic rings. The number of rotatable bonds is 5. The predicted molar refractivity (Wildman–Crippen MR) is 121 cm³/mol. The van der Waals surface area contributed by atoms with Crippen molar-refractivity contribution in [2.75, 3.05) is 0 Å². The number of ether oxygens (including phenoxy) is 2. The molecule has 5 heteroatoms. The lowest BCUT2D eigenvalue weighted by Gasteiger charge is -2.13. The van der Waals surface area contributed by atoms with Crippen LogP contribution in [0.3, 0.4) is 0 Å². The third kappa shape index (κ3) is 4.25. The fourth-order valence-corrected chi connectivity index (χ4v) is 3.59. The third-order valence-corrected chi connectivity index (χ3v) is 5.66. The second kappa shape index (κ2) is 8.78. The maximum atomic E-state index is 12.8. The highest BCUT2D eigenvalue weighted by molar-refractivity contribution is 6.30. The molecular weight excluding hydrogens is 412 g/mol. The van der Waals surface area contributed by atoms with Crippen molar-refractivity contribution in [3.05, 3.63) is 100 Å². The largest absolute Gasteiger partial charge is 0.452 e. The summed E-state index contributed by atoms with van der Waals surface area (Å²) < 4.78 is 11.4. The van der Waals surface area contributed by atoms with Crippen LogP contribution in [0, 0.1) is 6.92 Å². The molecule has 0 saturated heterocycles. The number of aryl methyl sites for hydroxylation is 1. The van der Waals surface area contributed by atoms with Gasteiger partial charge in [0.2, 0.25) is 5.78 Å². The fraction of sp³-hybridized carbons (Fsp3) is 0.154. The molecule has 0 spiro atoms. The third-order valence-electron chi connectivity index (χ3n) is 5.23. The molecule has 1 atom stereocenters. The van der Waals surface area contributed by atoms with Crippen LogP contribution >= 0.6 is 11.6 Å². The summed E-state index contributed by atoms with van der Waals surface area (Å²) >= 11 is 6.27. The number of ketones is 1. The van der Waals surface area contributed by atoms with E-state index in [9.17, 15) is 9.59 Å². The molecule has 1 aliphatic heterocycles. The second-order valence-corrected chi connectivity index (χ2v) is 7.73. The minimum absolute atomic E-state index is 0.199. The van der Waals surface area contributed by atoms with Gasteiger partial charge in [-0.25, -0.2) is 4.79 Å². The molecule has 4 rings (SSSR count). The van der Waals surface area contributed by atoms with Crippen LogP contribution in [0.5, 0.6) is 11.5 Å². The zero-order chi connectivity index (χ0) is 22.0. The number of carbonyl (C=O) groups excluding carboxylic acids is 2. The number of benzene rings is 3. The summed E-state index contributed by atoms with van der Waals surface area (Å²) in [6.45, 7) is 3.84. The highest BCUT2D eigenvalue weighted by Gasteiger charge is 2.31. The number of hydrogen-bond acceptors (Lipinski definition) is 4. The summed E-state index contributed by atoms with van der Waals surface area (Å²) in [7, 11) is 0. The Hall–Kier alpha value is -3.37. The lowest BCUT2D eigenvalue weighted by molar-refractivity contribution is -0.134. The number of Topliss-reactive ketones (excluding diaryl/α,β-unsaturated/α-hetero) is 1. The van der Waals surface area contributed by atoms with E-state index in [0.717, 1.165) is 12.0 Å². The normalized spacial score (nSPS) is 14.8. The van der Waals surface area contributed by atoms with Gasteiger partial charge in [0, 0.05) is 5.56 Å². The predicted octanol–water partition coefficient (Wildman–Crippen LogP) is 6.06. The van der Waals surface area contributed by atoms with Gasteiger partial charge in [-0.05, 0) is 48.2 Å². The van der Waals surface area contributed by atoms with Crippen LogP contribution in [-0.2, 0) is 11.2 Å². The van der Waals surface area contributed by atoms with Crippen LogP contribution in [0.1, 0.15) is 44.9 Å². The van der Waals surface area contributed by atoms with Crippen molar-refractivity contribution in [1.82, 2.24) is 0 Å². The van der Waals surface area contributed by atoms with Crippen LogP contribution in [0.25, 0.3) is 6.08 Å². The summed E-state index contributed by atoms with van der Waals surface area (Å²) in [4.78, 5) is 25.3. The van der Waals surface area contributed by atoms with Crippen molar-refractivity contribution in [2.45, 2.75) is 25.6 Å². The number of carbonyl (C=O) groups is 2. The van der Waals surface area contributed by atoms with Gasteiger partial charge in [0.15, 0.2) is 11.1 Å². The van der Waals surface area contributed by atoms with Crippen LogP contribution in [0.2, 0.25) is 0 Å². The fourth-order valence-electron chi connectivity index (χ4n) is 3.40. The molecule has 3 aromatic carbocycles. The Morgan fingerprint density at radius 3 is 2.45 bits per heavy atom. The van der Waals surface area contributed by atoms with E-state index in [0.29, 0.717) is 28.2 Å². The van der Waals surface area contributed by atoms with Crippen LogP contribution in [0.4, 0.5) is 0 Å². The summed E-state index contributed by atoms with van der Waals surface area (Å²) in [5, 5.41) is -0.932. The monoisotopic (exact) mass is 432 g/mol. The molecule has 1 aliphatic rings. The molecule has 0 bridgehead atoms. The summed E-state index contributed by atoms with van der Waals surface area (Å²) in [6.07, 6.45) is 2.67. The molecule has 0 aromatic heterocycles. The molecule has 0 fully saturated rings. The zero-order valence-corrected chi connectivity index (χ0v) is 18.0. The minimum Gasteiger partial charge on any atom is -0.452 e. The van der Waals surface area contributed by atoms with Crippen molar-refractivity contribution in [1.29, 1.82) is 0 Å². The minimum atomic E-state index is -0.932. The molecule has 0 radical (unpaired) electrons. The van der Waals surface area contributed by atoms with E-state index in [1.54, 1.807) is 37.3 Å². The summed E-state index contributed by atoms with van der Waals surface area (Å²) in [5.41, 5.74) is 3.77. The van der Waals surface area contributed by atoms with Gasteiger partial charge in [-0.2, -0.15) is 0 Å². The van der Waals surface area contributed by atoms with Crippen LogP contribution in [0.15, 0.2) is 72.5 Å². The van der Waals surface area contributed by atoms with Gasteiger partial charge in [-0.15, -0.1) is 11.6 Å². The van der Waals surface area contributed by atoms with E-state index in [1.165, 1.54) is 5.56 Å². The first-order valence-electron chi connectivity index (χ1n) is 10.1. The SMILES string of the molecule is CCc1ccc(/C=C2\Oc3c(ccc(OC(=O)C(Cl)c4ccccc4)c3C)C2=O)cc1. The van der Waals surface area contributed by atoms with E-state index < -0.39 is 11.3 Å². The van der Waals surface area contributed by atoms with Crippen molar-refractivity contribution in [2.24, 2.45) is 0 Å². The van der Waals surface area contributed by atoms with E-state index in [4.69, 9.17) is 21.1 Å². The maximum Gasteiger partial charge on any atom is 0.334 e. The van der Waals surface area contributed by atoms with Gasteiger partial charge in [0.1, 0.15) is 11.5 Å². The first kappa shape index (κ1) is 20.9. The van der Waals surface area contributed by atoms with Crippen molar-refractivity contribution >= 4 is 29.4 Å². The second-order valence-electron chi connectivity index (χ2n) is 7.29. The first-order valence-corrected chi connectivity index (χ1v) is 10.5. The molecule has 4 nitrogen and oxygen atoms in total. The van der Waals surface area contributed by atoms with Gasteiger partial charge >= 0.3 is 5.97 Å². The quantitative estimate of drug-likeness (QED) is 0.213. The van der Waals surface area contributed by atoms with Gasteiger partial charge in [0.05, 0.1) is 5.56 Å². The number of alkyl halides is 1. The Morgan fingerprint density at radius 1 is 1.06 bits per heavy atom. The average Bonchev–Trinajstić information content (AvgIpc) is 3.12. The molecule has 1 unspecified atom stereocenters. The Bertz CT molecular complexity index is 1160. The number of allylic oxidation sites excluding steroid dienone is 1. The number of esters is 1. The van der Waals surface area contributed by atoms with E-state index in [1.807, 2.05) is 42.5 Å². The molecule has 0 aliphatic carbocycles. The smallest absolute Gasteiger partial charge is 0.334 e. The number of hydrogen-bond donors (Lipinski definition) is 0. The lowest BCUT2D eigenvalue weighted by atomic mass is 10.0. The average molecular weight is 433 g/mol.